The highest BCUT2D eigenvalue weighted by molar-refractivity contribution is 5.71. The van der Waals surface area contributed by atoms with Gasteiger partial charge in [-0.25, -0.2) is 0 Å². The molecule has 0 aliphatic rings. The van der Waals surface area contributed by atoms with Crippen molar-refractivity contribution < 1.29 is 32.3 Å². The van der Waals surface area contributed by atoms with Gasteiger partial charge in [-0.1, -0.05) is 24.3 Å². The standard InChI is InChI=1S/C22H26O5/c1-25-19-11-9-17(10-12-19)7-8-18-14-20(26-2)16-21(15-18)27-13-5-3-4-6-22(23)24/h7-12,14-16H,3-6,13H2,1-2H3,(H,23,24)/b8-7+/i1D3,2D3. The third-order valence-electron chi connectivity index (χ3n) is 3.79. The highest BCUT2D eigenvalue weighted by Crippen LogP contribution is 2.25. The van der Waals surface area contributed by atoms with Gasteiger partial charge in [-0.15, -0.1) is 0 Å². The molecule has 5 nitrogen and oxygen atoms in total. The molecular weight excluding hydrogens is 344 g/mol. The summed E-state index contributed by atoms with van der Waals surface area (Å²) in [6.45, 7) is 0.352. The number of ether oxygens (including phenoxy) is 3. The lowest BCUT2D eigenvalue weighted by Gasteiger charge is -2.09. The van der Waals surface area contributed by atoms with Gasteiger partial charge >= 0.3 is 5.97 Å². The Morgan fingerprint density at radius 2 is 1.63 bits per heavy atom. The maximum Gasteiger partial charge on any atom is 0.303 e. The third-order valence-corrected chi connectivity index (χ3v) is 3.79. The zero-order valence-electron chi connectivity index (χ0n) is 20.8. The summed E-state index contributed by atoms with van der Waals surface area (Å²) in [6, 6.07) is 11.2. The fourth-order valence-electron chi connectivity index (χ4n) is 2.42. The number of carbonyl (C=O) groups is 1. The Balaban J connectivity index is 2.08. The van der Waals surface area contributed by atoms with Gasteiger partial charge in [0, 0.05) is 12.5 Å². The molecule has 5 heteroatoms. The number of hydrogen-bond donors (Lipinski definition) is 1. The van der Waals surface area contributed by atoms with Crippen LogP contribution in [0.15, 0.2) is 42.5 Å². The molecular formula is C22H26O5. The lowest BCUT2D eigenvalue weighted by Crippen LogP contribution is -1.99. The summed E-state index contributed by atoms with van der Waals surface area (Å²) in [5.74, 6) is -0.0592. The molecule has 1 N–H and O–H groups in total. The molecule has 0 atom stereocenters. The van der Waals surface area contributed by atoms with E-state index in [4.69, 9.17) is 27.5 Å². The van der Waals surface area contributed by atoms with Gasteiger partial charge in [0.1, 0.15) is 17.2 Å². The van der Waals surface area contributed by atoms with E-state index in [2.05, 4.69) is 0 Å². The van der Waals surface area contributed by atoms with E-state index in [-0.39, 0.29) is 17.9 Å². The van der Waals surface area contributed by atoms with Crippen molar-refractivity contribution in [1.29, 1.82) is 0 Å². The minimum absolute atomic E-state index is 0.111. The highest BCUT2D eigenvalue weighted by Gasteiger charge is 2.02. The normalized spacial score (nSPS) is 15.0. The molecule has 0 saturated carbocycles. The van der Waals surface area contributed by atoms with Crippen LogP contribution in [-0.4, -0.2) is 31.8 Å². The first-order chi connectivity index (χ1) is 15.4. The fourth-order valence-corrected chi connectivity index (χ4v) is 2.42. The van der Waals surface area contributed by atoms with Crippen molar-refractivity contribution in [3.63, 3.8) is 0 Å². The van der Waals surface area contributed by atoms with E-state index in [0.29, 0.717) is 37.2 Å². The Hall–Kier alpha value is -2.95. The van der Waals surface area contributed by atoms with Gasteiger partial charge < -0.3 is 19.3 Å². The molecule has 0 unspecified atom stereocenters. The molecule has 0 amide bonds. The maximum absolute atomic E-state index is 10.6. The van der Waals surface area contributed by atoms with Crippen LogP contribution in [0.1, 0.15) is 45.0 Å². The molecule has 27 heavy (non-hydrogen) atoms. The van der Waals surface area contributed by atoms with E-state index in [1.807, 2.05) is 0 Å². The number of aliphatic carboxylic acids is 1. The van der Waals surface area contributed by atoms with E-state index in [0.717, 1.165) is 5.56 Å². The highest BCUT2D eigenvalue weighted by atomic mass is 16.5. The van der Waals surface area contributed by atoms with Crippen molar-refractivity contribution in [2.75, 3.05) is 20.7 Å². The Kier molecular flexibility index (Phi) is 5.36. The number of carboxylic acids is 1. The zero-order valence-corrected chi connectivity index (χ0v) is 14.8. The Bertz CT molecular complexity index is 936. The average molecular weight is 376 g/mol. The van der Waals surface area contributed by atoms with E-state index >= 15 is 0 Å². The van der Waals surface area contributed by atoms with Gasteiger partial charge in [-0.2, -0.15) is 0 Å². The average Bonchev–Trinajstić information content (AvgIpc) is 2.67. The van der Waals surface area contributed by atoms with Gasteiger partial charge in [0.15, 0.2) is 0 Å². The number of hydrogen-bond acceptors (Lipinski definition) is 4. The fraction of sp³-hybridized carbons (Fsp3) is 0.318. The van der Waals surface area contributed by atoms with Gasteiger partial charge in [0.2, 0.25) is 0 Å². The predicted molar refractivity (Wildman–Crippen MR) is 107 cm³/mol. The second-order valence-electron chi connectivity index (χ2n) is 5.90. The van der Waals surface area contributed by atoms with Crippen molar-refractivity contribution in [3.8, 4) is 17.2 Å². The number of carboxylic acid groups (broad SMARTS) is 1. The number of unbranched alkanes of at least 4 members (excludes halogenated alkanes) is 2. The number of methoxy groups -OCH3 is 2. The molecule has 0 aromatic heterocycles. The predicted octanol–water partition coefficient (Wildman–Crippen LogP) is 4.90. The molecule has 0 aliphatic carbocycles. The molecule has 0 radical (unpaired) electrons. The third kappa shape index (κ3) is 7.44. The Labute approximate surface area is 168 Å². The van der Waals surface area contributed by atoms with Crippen molar-refractivity contribution in [2.24, 2.45) is 0 Å². The van der Waals surface area contributed by atoms with Crippen LogP contribution in [0.5, 0.6) is 17.2 Å². The molecule has 0 saturated heterocycles. The van der Waals surface area contributed by atoms with E-state index < -0.39 is 20.0 Å². The second-order valence-corrected chi connectivity index (χ2v) is 5.90. The Morgan fingerprint density at radius 1 is 0.926 bits per heavy atom. The lowest BCUT2D eigenvalue weighted by atomic mass is 10.1. The van der Waals surface area contributed by atoms with E-state index in [1.54, 1.807) is 48.6 Å². The summed E-state index contributed by atoms with van der Waals surface area (Å²) < 4.78 is 58.9. The number of rotatable bonds is 11. The van der Waals surface area contributed by atoms with Crippen LogP contribution in [0.4, 0.5) is 0 Å². The summed E-state index contributed by atoms with van der Waals surface area (Å²) in [4.78, 5) is 10.6. The van der Waals surface area contributed by atoms with Crippen molar-refractivity contribution in [3.05, 3.63) is 53.6 Å². The quantitative estimate of drug-likeness (QED) is 0.446. The summed E-state index contributed by atoms with van der Waals surface area (Å²) in [5.41, 5.74) is 1.41. The topological polar surface area (TPSA) is 65.0 Å². The molecule has 2 aromatic carbocycles. The molecule has 0 fully saturated rings. The minimum atomic E-state index is -2.62. The maximum atomic E-state index is 10.6. The first-order valence-corrected chi connectivity index (χ1v) is 8.55. The molecule has 0 heterocycles. The Morgan fingerprint density at radius 3 is 2.37 bits per heavy atom. The van der Waals surface area contributed by atoms with Crippen molar-refractivity contribution >= 4 is 18.1 Å². The molecule has 2 aromatic rings. The summed E-state index contributed by atoms with van der Waals surface area (Å²) in [6.07, 6.45) is 5.54. The van der Waals surface area contributed by atoms with E-state index in [9.17, 15) is 4.79 Å². The lowest BCUT2D eigenvalue weighted by molar-refractivity contribution is -0.137. The molecule has 0 aliphatic heterocycles. The van der Waals surface area contributed by atoms with Gasteiger partial charge in [0.05, 0.1) is 28.9 Å². The molecule has 144 valence electrons. The minimum Gasteiger partial charge on any atom is -0.497 e. The molecule has 0 spiro atoms. The smallest absolute Gasteiger partial charge is 0.303 e. The van der Waals surface area contributed by atoms with Crippen LogP contribution in [0.25, 0.3) is 12.2 Å². The SMILES string of the molecule is [2H]C([2H])([2H])Oc1ccc(/C=C/c2cc(OCCCCCC(=O)O)cc(OC([2H])([2H])[2H])c2)cc1. The van der Waals surface area contributed by atoms with Crippen molar-refractivity contribution in [2.45, 2.75) is 25.7 Å². The summed E-state index contributed by atoms with van der Waals surface area (Å²) in [7, 11) is -5.14. The monoisotopic (exact) mass is 376 g/mol. The van der Waals surface area contributed by atoms with Gasteiger partial charge in [-0.3, -0.25) is 4.79 Å². The zero-order chi connectivity index (χ0) is 24.5. The summed E-state index contributed by atoms with van der Waals surface area (Å²) in [5, 5.41) is 8.67. The summed E-state index contributed by atoms with van der Waals surface area (Å²) >= 11 is 0. The van der Waals surface area contributed by atoms with Crippen LogP contribution < -0.4 is 14.2 Å². The van der Waals surface area contributed by atoms with E-state index in [1.165, 1.54) is 6.07 Å². The van der Waals surface area contributed by atoms with Crippen LogP contribution >= 0.6 is 0 Å². The van der Waals surface area contributed by atoms with Crippen LogP contribution in [-0.2, 0) is 4.79 Å². The first kappa shape index (κ1) is 13.3. The van der Waals surface area contributed by atoms with Crippen LogP contribution in [0.2, 0.25) is 0 Å². The van der Waals surface area contributed by atoms with Crippen molar-refractivity contribution in [1.82, 2.24) is 0 Å². The number of benzene rings is 2. The molecule has 2 rings (SSSR count). The first-order valence-electron chi connectivity index (χ1n) is 11.6. The van der Waals surface area contributed by atoms with Crippen LogP contribution in [0.3, 0.4) is 0 Å². The largest absolute Gasteiger partial charge is 0.497 e. The van der Waals surface area contributed by atoms with Crippen LogP contribution in [0, 0.1) is 0 Å². The molecule has 0 bridgehead atoms. The second kappa shape index (κ2) is 10.9. The van der Waals surface area contributed by atoms with Gasteiger partial charge in [-0.05, 0) is 54.7 Å². The van der Waals surface area contributed by atoms with Gasteiger partial charge in [0.25, 0.3) is 0 Å².